The normalized spacial score (nSPS) is 15.7. The van der Waals surface area contributed by atoms with Gasteiger partial charge in [0, 0.05) is 25.0 Å². The van der Waals surface area contributed by atoms with Crippen LogP contribution in [0.3, 0.4) is 0 Å². The van der Waals surface area contributed by atoms with Crippen molar-refractivity contribution >= 4 is 5.91 Å². The highest BCUT2D eigenvalue weighted by atomic mass is 16.5. The number of aromatic amines is 1. The zero-order chi connectivity index (χ0) is 20.2. The molecule has 1 amide bonds. The molecular weight excluding hydrogens is 368 g/mol. The van der Waals surface area contributed by atoms with E-state index in [0.717, 1.165) is 11.3 Å². The number of H-pyrrole nitrogens is 1. The van der Waals surface area contributed by atoms with E-state index >= 15 is 0 Å². The molecule has 2 heterocycles. The van der Waals surface area contributed by atoms with E-state index in [-0.39, 0.29) is 11.6 Å². The van der Waals surface area contributed by atoms with Crippen LogP contribution in [0.25, 0.3) is 11.4 Å². The van der Waals surface area contributed by atoms with Gasteiger partial charge in [0.25, 0.3) is 5.91 Å². The molecule has 0 bridgehead atoms. The van der Waals surface area contributed by atoms with Crippen LogP contribution in [0.4, 0.5) is 0 Å². The van der Waals surface area contributed by atoms with Crippen LogP contribution in [0.15, 0.2) is 84.8 Å². The lowest BCUT2D eigenvalue weighted by Crippen LogP contribution is -2.31. The van der Waals surface area contributed by atoms with E-state index in [1.54, 1.807) is 36.5 Å². The first kappa shape index (κ1) is 18.5. The van der Waals surface area contributed by atoms with Crippen LogP contribution in [-0.4, -0.2) is 39.2 Å². The van der Waals surface area contributed by atoms with Gasteiger partial charge in [0.1, 0.15) is 29.2 Å². The summed E-state index contributed by atoms with van der Waals surface area (Å²) in [6.07, 6.45) is 5.75. The Kier molecular flexibility index (Phi) is 5.13. The maximum absolute atomic E-state index is 12.5. The molecule has 1 atom stereocenters. The minimum atomic E-state index is -0.696. The number of rotatable bonds is 5. The Balaban J connectivity index is 1.48. The number of hydrogen-bond acceptors (Lipinski definition) is 5. The molecule has 1 unspecified atom stereocenters. The molecule has 3 N–H and O–H groups in total. The maximum atomic E-state index is 12.5. The number of aliphatic hydroxyl groups excluding tert-OH is 1. The van der Waals surface area contributed by atoms with E-state index in [0.29, 0.717) is 17.3 Å². The third-order valence-corrected chi connectivity index (χ3v) is 4.36. The first-order valence-electron chi connectivity index (χ1n) is 9.08. The molecule has 7 nitrogen and oxygen atoms in total. The minimum Gasteiger partial charge on any atom is -0.457 e. The molecular formula is C22H20N4O3. The van der Waals surface area contributed by atoms with Crippen LogP contribution in [0, 0.1) is 0 Å². The van der Waals surface area contributed by atoms with E-state index in [9.17, 15) is 9.90 Å². The predicted octanol–water partition coefficient (Wildman–Crippen LogP) is 3.26. The fourth-order valence-electron chi connectivity index (χ4n) is 2.85. The largest absolute Gasteiger partial charge is 0.457 e. The number of ether oxygens (including phenoxy) is 1. The van der Waals surface area contributed by atoms with E-state index in [1.165, 1.54) is 0 Å². The van der Waals surface area contributed by atoms with Gasteiger partial charge < -0.3 is 25.0 Å². The Hall–Kier alpha value is -3.84. The SMILES string of the molecule is CN1C=C(NC(=O)c2c[nH]c(-c3cccc(Oc4ccccc4)c3)n2)C=CC1O. The zero-order valence-electron chi connectivity index (χ0n) is 15.7. The summed E-state index contributed by atoms with van der Waals surface area (Å²) in [5, 5.41) is 12.4. The smallest absolute Gasteiger partial charge is 0.275 e. The average molecular weight is 388 g/mol. The van der Waals surface area contributed by atoms with Crippen molar-refractivity contribution in [1.82, 2.24) is 20.2 Å². The minimum absolute atomic E-state index is 0.262. The molecule has 146 valence electrons. The van der Waals surface area contributed by atoms with Crippen molar-refractivity contribution in [2.75, 3.05) is 7.05 Å². The lowest BCUT2D eigenvalue weighted by Gasteiger charge is -2.23. The monoisotopic (exact) mass is 388 g/mol. The highest BCUT2D eigenvalue weighted by Crippen LogP contribution is 2.26. The number of aromatic nitrogens is 2. The Labute approximate surface area is 168 Å². The van der Waals surface area contributed by atoms with Crippen LogP contribution >= 0.6 is 0 Å². The molecule has 0 aliphatic carbocycles. The van der Waals surface area contributed by atoms with Crippen molar-refractivity contribution in [3.05, 3.63) is 90.5 Å². The second-order valence-electron chi connectivity index (χ2n) is 6.55. The van der Waals surface area contributed by atoms with Gasteiger partial charge in [-0.1, -0.05) is 30.3 Å². The molecule has 2 aromatic carbocycles. The van der Waals surface area contributed by atoms with Crippen molar-refractivity contribution in [2.24, 2.45) is 0 Å². The van der Waals surface area contributed by atoms with Gasteiger partial charge in [-0.2, -0.15) is 0 Å². The first-order chi connectivity index (χ1) is 14.1. The average Bonchev–Trinajstić information content (AvgIpc) is 3.22. The summed E-state index contributed by atoms with van der Waals surface area (Å²) in [4.78, 5) is 21.5. The van der Waals surface area contributed by atoms with E-state index in [4.69, 9.17) is 4.74 Å². The summed E-state index contributed by atoms with van der Waals surface area (Å²) in [7, 11) is 1.72. The molecule has 7 heteroatoms. The Morgan fingerprint density at radius 1 is 1.17 bits per heavy atom. The van der Waals surface area contributed by atoms with Gasteiger partial charge in [0.05, 0.1) is 5.70 Å². The Morgan fingerprint density at radius 2 is 1.97 bits per heavy atom. The number of hydrogen-bond donors (Lipinski definition) is 3. The highest BCUT2D eigenvalue weighted by molar-refractivity contribution is 5.94. The number of para-hydroxylation sites is 1. The number of amides is 1. The zero-order valence-corrected chi connectivity index (χ0v) is 15.7. The number of imidazole rings is 1. The number of benzene rings is 2. The van der Waals surface area contributed by atoms with E-state index in [1.807, 2.05) is 54.6 Å². The topological polar surface area (TPSA) is 90.5 Å². The van der Waals surface area contributed by atoms with Crippen LogP contribution in [-0.2, 0) is 0 Å². The van der Waals surface area contributed by atoms with Crippen LogP contribution in [0.5, 0.6) is 11.5 Å². The number of carbonyl (C=O) groups excluding carboxylic acids is 1. The third-order valence-electron chi connectivity index (χ3n) is 4.36. The molecule has 29 heavy (non-hydrogen) atoms. The molecule has 0 saturated carbocycles. The van der Waals surface area contributed by atoms with Gasteiger partial charge in [0.15, 0.2) is 0 Å². The second kappa shape index (κ2) is 8.04. The summed E-state index contributed by atoms with van der Waals surface area (Å²) < 4.78 is 5.85. The third kappa shape index (κ3) is 4.36. The van der Waals surface area contributed by atoms with Crippen LogP contribution in [0.1, 0.15) is 10.5 Å². The lowest BCUT2D eigenvalue weighted by molar-refractivity contribution is 0.0915. The quantitative estimate of drug-likeness (QED) is 0.624. The summed E-state index contributed by atoms with van der Waals surface area (Å²) in [6.45, 7) is 0. The number of nitrogens with one attached hydrogen (secondary N) is 2. The molecule has 1 aliphatic rings. The van der Waals surface area contributed by atoms with Crippen molar-refractivity contribution < 1.29 is 14.6 Å². The van der Waals surface area contributed by atoms with E-state index < -0.39 is 6.23 Å². The standard InChI is InChI=1S/C22H20N4O3/c1-26-14-16(10-11-20(26)27)24-22(28)19-13-23-21(25-19)15-6-5-9-18(12-15)29-17-7-3-2-4-8-17/h2-14,20,27H,1H3,(H,23,25)(H,24,28). The number of nitrogens with zero attached hydrogens (tertiary/aromatic N) is 2. The molecule has 0 radical (unpaired) electrons. The molecule has 0 fully saturated rings. The van der Waals surface area contributed by atoms with Crippen molar-refractivity contribution in [1.29, 1.82) is 0 Å². The molecule has 0 spiro atoms. The predicted molar refractivity (Wildman–Crippen MR) is 109 cm³/mol. The van der Waals surface area contributed by atoms with Crippen LogP contribution in [0.2, 0.25) is 0 Å². The highest BCUT2D eigenvalue weighted by Gasteiger charge is 2.15. The summed E-state index contributed by atoms with van der Waals surface area (Å²) in [5.74, 6) is 1.64. The molecule has 4 rings (SSSR count). The molecule has 1 aromatic heterocycles. The molecule has 0 saturated heterocycles. The lowest BCUT2D eigenvalue weighted by atomic mass is 10.2. The van der Waals surface area contributed by atoms with E-state index in [2.05, 4.69) is 15.3 Å². The van der Waals surface area contributed by atoms with Crippen LogP contribution < -0.4 is 10.1 Å². The number of likely N-dealkylation sites (N-methyl/N-ethyl adjacent to an activating group) is 1. The van der Waals surface area contributed by atoms with Gasteiger partial charge in [0.2, 0.25) is 0 Å². The summed E-state index contributed by atoms with van der Waals surface area (Å²) in [5.41, 5.74) is 1.64. The molecule has 3 aromatic rings. The molecule has 1 aliphatic heterocycles. The first-order valence-corrected chi connectivity index (χ1v) is 9.08. The Morgan fingerprint density at radius 3 is 2.76 bits per heavy atom. The Bertz CT molecular complexity index is 1070. The van der Waals surface area contributed by atoms with Crippen molar-refractivity contribution in [2.45, 2.75) is 6.23 Å². The fourth-order valence-corrected chi connectivity index (χ4v) is 2.85. The van der Waals surface area contributed by atoms with Gasteiger partial charge in [-0.25, -0.2) is 4.98 Å². The summed E-state index contributed by atoms with van der Waals surface area (Å²) in [6, 6.07) is 17.0. The second-order valence-corrected chi connectivity index (χ2v) is 6.55. The van der Waals surface area contributed by atoms with Crippen molar-refractivity contribution in [3.63, 3.8) is 0 Å². The van der Waals surface area contributed by atoms with Gasteiger partial charge in [-0.05, 0) is 36.4 Å². The fraction of sp³-hybridized carbons (Fsp3) is 0.0909. The van der Waals surface area contributed by atoms with Gasteiger partial charge in [-0.3, -0.25) is 4.79 Å². The van der Waals surface area contributed by atoms with Crippen molar-refractivity contribution in [3.8, 4) is 22.9 Å². The summed E-state index contributed by atoms with van der Waals surface area (Å²) >= 11 is 0. The van der Waals surface area contributed by atoms with Gasteiger partial charge in [-0.15, -0.1) is 0 Å². The number of carbonyl (C=O) groups is 1. The maximum Gasteiger partial charge on any atom is 0.275 e. The number of aliphatic hydroxyl groups is 1. The van der Waals surface area contributed by atoms with Gasteiger partial charge >= 0.3 is 0 Å². The number of allylic oxidation sites excluding steroid dienone is 1.